The zero-order valence-corrected chi connectivity index (χ0v) is 12.8. The minimum atomic E-state index is -4.50. The number of hydrogen-bond donors (Lipinski definition) is 1. The van der Waals surface area contributed by atoms with E-state index in [4.69, 9.17) is 9.47 Å². The van der Waals surface area contributed by atoms with Crippen LogP contribution in [0.25, 0.3) is 5.69 Å². The van der Waals surface area contributed by atoms with Gasteiger partial charge in [-0.25, -0.2) is 4.68 Å². The first-order valence-electron chi connectivity index (χ1n) is 7.00. The Kier molecular flexibility index (Phi) is 5.93. The van der Waals surface area contributed by atoms with Gasteiger partial charge in [0, 0.05) is 12.8 Å². The van der Waals surface area contributed by atoms with Gasteiger partial charge < -0.3 is 14.8 Å². The first-order chi connectivity index (χ1) is 11.4. The van der Waals surface area contributed by atoms with Crippen molar-refractivity contribution < 1.29 is 27.4 Å². The lowest BCUT2D eigenvalue weighted by Crippen LogP contribution is -2.19. The third-order valence-corrected chi connectivity index (χ3v) is 2.99. The minimum Gasteiger partial charge on any atom is -0.382 e. The topological polar surface area (TPSA) is 65.4 Å². The minimum absolute atomic E-state index is 0.136. The normalized spacial score (nSPS) is 11.5. The highest BCUT2D eigenvalue weighted by Crippen LogP contribution is 2.30. The second kappa shape index (κ2) is 7.93. The molecule has 0 atom stereocenters. The third kappa shape index (κ3) is 4.80. The number of anilines is 1. The van der Waals surface area contributed by atoms with E-state index in [2.05, 4.69) is 10.4 Å². The molecule has 0 saturated heterocycles. The molecule has 9 heteroatoms. The van der Waals surface area contributed by atoms with Crippen molar-refractivity contribution >= 4 is 11.6 Å². The summed E-state index contributed by atoms with van der Waals surface area (Å²) >= 11 is 0. The van der Waals surface area contributed by atoms with Crippen LogP contribution in [0.15, 0.2) is 36.5 Å². The summed E-state index contributed by atoms with van der Waals surface area (Å²) in [5.74, 6) is -0.367. The number of halogens is 3. The second-order valence-corrected chi connectivity index (χ2v) is 4.77. The Morgan fingerprint density at radius 1 is 1.21 bits per heavy atom. The lowest BCUT2D eigenvalue weighted by Gasteiger charge is -2.11. The molecule has 0 fully saturated rings. The lowest BCUT2D eigenvalue weighted by molar-refractivity contribution is -0.142. The summed E-state index contributed by atoms with van der Waals surface area (Å²) in [4.78, 5) is 11.6. The summed E-state index contributed by atoms with van der Waals surface area (Å²) in [5.41, 5.74) is -0.188. The van der Waals surface area contributed by atoms with Crippen LogP contribution in [0.3, 0.4) is 0 Å². The van der Waals surface area contributed by atoms with Crippen LogP contribution in [0, 0.1) is 0 Å². The van der Waals surface area contributed by atoms with Gasteiger partial charge in [0.25, 0.3) is 0 Å². The third-order valence-electron chi connectivity index (χ3n) is 2.99. The number of carbonyl (C=O) groups excluding carboxylic acids is 1. The Hall–Kier alpha value is -2.39. The smallest absolute Gasteiger partial charge is 0.382 e. The van der Waals surface area contributed by atoms with Crippen LogP contribution < -0.4 is 5.32 Å². The van der Waals surface area contributed by atoms with Gasteiger partial charge in [-0.15, -0.1) is 0 Å². The first kappa shape index (κ1) is 18.0. The van der Waals surface area contributed by atoms with Gasteiger partial charge in [0.15, 0.2) is 0 Å². The monoisotopic (exact) mass is 343 g/mol. The highest BCUT2D eigenvalue weighted by molar-refractivity contribution is 5.91. The standard InChI is InChI=1S/C15H16F3N3O3/c1-23-8-9-24-10-14(22)20-11-2-4-12(5-3-11)21-13(6-7-19-21)15(16,17)18/h2-7H,8-10H2,1H3,(H,20,22). The van der Waals surface area contributed by atoms with Crippen LogP contribution in [0.4, 0.5) is 18.9 Å². The van der Waals surface area contributed by atoms with Gasteiger partial charge in [0.05, 0.1) is 25.1 Å². The van der Waals surface area contributed by atoms with E-state index < -0.39 is 11.9 Å². The Morgan fingerprint density at radius 2 is 1.92 bits per heavy atom. The average molecular weight is 343 g/mol. The molecule has 2 aromatic rings. The number of amides is 1. The van der Waals surface area contributed by atoms with Gasteiger partial charge in [-0.2, -0.15) is 18.3 Å². The molecule has 0 saturated carbocycles. The maximum Gasteiger partial charge on any atom is 0.433 e. The van der Waals surface area contributed by atoms with Gasteiger partial charge in [-0.3, -0.25) is 4.79 Å². The maximum absolute atomic E-state index is 12.9. The molecule has 2 rings (SSSR count). The molecular formula is C15H16F3N3O3. The summed E-state index contributed by atoms with van der Waals surface area (Å²) in [6.45, 7) is 0.540. The predicted molar refractivity (Wildman–Crippen MR) is 79.9 cm³/mol. The zero-order chi connectivity index (χ0) is 17.6. The van der Waals surface area contributed by atoms with Crippen LogP contribution >= 0.6 is 0 Å². The van der Waals surface area contributed by atoms with Gasteiger partial charge in [-0.1, -0.05) is 0 Å². The number of hydrogen-bond acceptors (Lipinski definition) is 4. The van der Waals surface area contributed by atoms with Crippen molar-refractivity contribution in [2.45, 2.75) is 6.18 Å². The first-order valence-corrected chi connectivity index (χ1v) is 7.00. The molecule has 130 valence electrons. The number of methoxy groups -OCH3 is 1. The Morgan fingerprint density at radius 3 is 2.54 bits per heavy atom. The van der Waals surface area contributed by atoms with Crippen molar-refractivity contribution in [1.82, 2.24) is 9.78 Å². The summed E-state index contributed by atoms with van der Waals surface area (Å²) in [5, 5.41) is 6.26. The fourth-order valence-electron chi connectivity index (χ4n) is 1.91. The van der Waals surface area contributed by atoms with Crippen LogP contribution in [0.2, 0.25) is 0 Å². The Balaban J connectivity index is 1.99. The zero-order valence-electron chi connectivity index (χ0n) is 12.8. The summed E-state index contributed by atoms with van der Waals surface area (Å²) in [7, 11) is 1.52. The van der Waals surface area contributed by atoms with Gasteiger partial charge >= 0.3 is 6.18 Å². The molecule has 0 aliphatic rings. The molecule has 0 aliphatic carbocycles. The molecule has 6 nitrogen and oxygen atoms in total. The van der Waals surface area contributed by atoms with E-state index in [1.807, 2.05) is 0 Å². The molecule has 1 aromatic carbocycles. The molecule has 0 radical (unpaired) electrons. The highest BCUT2D eigenvalue weighted by Gasteiger charge is 2.35. The van der Waals surface area contributed by atoms with Crippen LogP contribution in [0.1, 0.15) is 5.69 Å². The number of nitrogens with one attached hydrogen (secondary N) is 1. The van der Waals surface area contributed by atoms with Crippen molar-refractivity contribution in [1.29, 1.82) is 0 Å². The largest absolute Gasteiger partial charge is 0.433 e. The quantitative estimate of drug-likeness (QED) is 0.785. The van der Waals surface area contributed by atoms with Gasteiger partial charge in [0.2, 0.25) is 5.91 Å². The second-order valence-electron chi connectivity index (χ2n) is 4.77. The summed E-state index contributed by atoms with van der Waals surface area (Å²) in [6.07, 6.45) is -3.42. The van der Waals surface area contributed by atoms with E-state index >= 15 is 0 Å². The van der Waals surface area contributed by atoms with Crippen molar-refractivity contribution in [3.05, 3.63) is 42.2 Å². The molecule has 24 heavy (non-hydrogen) atoms. The number of aromatic nitrogens is 2. The van der Waals surface area contributed by atoms with Crippen molar-refractivity contribution in [3.63, 3.8) is 0 Å². The van der Waals surface area contributed by atoms with Crippen molar-refractivity contribution in [2.24, 2.45) is 0 Å². The SMILES string of the molecule is COCCOCC(=O)Nc1ccc(-n2nccc2C(F)(F)F)cc1. The number of nitrogens with zero attached hydrogens (tertiary/aromatic N) is 2. The summed E-state index contributed by atoms with van der Waals surface area (Å²) < 4.78 is 49.2. The molecule has 0 bridgehead atoms. The van der Waals surface area contributed by atoms with E-state index in [0.717, 1.165) is 16.9 Å². The predicted octanol–water partition coefficient (Wildman–Crippen LogP) is 2.49. The number of ether oxygens (including phenoxy) is 2. The average Bonchev–Trinajstić information content (AvgIpc) is 3.02. The number of carbonyl (C=O) groups is 1. The number of benzene rings is 1. The fourth-order valence-corrected chi connectivity index (χ4v) is 1.91. The highest BCUT2D eigenvalue weighted by atomic mass is 19.4. The van der Waals surface area contributed by atoms with Gasteiger partial charge in [-0.05, 0) is 30.3 Å². The molecule has 0 unspecified atom stereocenters. The molecule has 1 heterocycles. The van der Waals surface area contributed by atoms with Gasteiger partial charge in [0.1, 0.15) is 12.3 Å². The van der Waals surface area contributed by atoms with Crippen molar-refractivity contribution in [2.75, 3.05) is 32.2 Å². The maximum atomic E-state index is 12.9. The van der Waals surface area contributed by atoms with E-state index in [-0.39, 0.29) is 18.2 Å². The Labute approximate surface area is 136 Å². The number of alkyl halides is 3. The molecule has 1 N–H and O–H groups in total. The fraction of sp³-hybridized carbons (Fsp3) is 0.333. The van der Waals surface area contributed by atoms with E-state index in [0.29, 0.717) is 18.9 Å². The molecule has 0 spiro atoms. The summed E-state index contributed by atoms with van der Waals surface area (Å²) in [6, 6.07) is 6.74. The van der Waals surface area contributed by atoms with E-state index in [1.54, 1.807) is 0 Å². The molecule has 1 amide bonds. The van der Waals surface area contributed by atoms with Crippen LogP contribution in [0.5, 0.6) is 0 Å². The van der Waals surface area contributed by atoms with E-state index in [9.17, 15) is 18.0 Å². The number of rotatable bonds is 7. The molecular weight excluding hydrogens is 327 g/mol. The van der Waals surface area contributed by atoms with E-state index in [1.165, 1.54) is 31.4 Å². The van der Waals surface area contributed by atoms with Crippen LogP contribution in [-0.2, 0) is 20.4 Å². The Bertz CT molecular complexity index is 669. The van der Waals surface area contributed by atoms with Crippen molar-refractivity contribution in [3.8, 4) is 5.69 Å². The lowest BCUT2D eigenvalue weighted by atomic mass is 10.2. The van der Waals surface area contributed by atoms with Crippen LogP contribution in [-0.4, -0.2) is 42.6 Å². The molecule has 1 aromatic heterocycles. The molecule has 0 aliphatic heterocycles.